The highest BCUT2D eigenvalue weighted by molar-refractivity contribution is 5.68. The molecule has 0 saturated heterocycles. The molecule has 0 fully saturated rings. The van der Waals surface area contributed by atoms with Gasteiger partial charge in [-0.1, -0.05) is 12.1 Å². The van der Waals surface area contributed by atoms with Crippen molar-refractivity contribution in [3.63, 3.8) is 0 Å². The van der Waals surface area contributed by atoms with Gasteiger partial charge in [-0.25, -0.2) is 4.98 Å². The number of nitrogens with two attached hydrogens (primary N) is 1. The smallest absolute Gasteiger partial charge is 0.273 e. The first-order chi connectivity index (χ1) is 9.19. The van der Waals surface area contributed by atoms with Gasteiger partial charge in [0, 0.05) is 17.7 Å². The van der Waals surface area contributed by atoms with Gasteiger partial charge in [-0.15, -0.1) is 0 Å². The number of fused-ring (bicyclic) bond motifs is 1. The monoisotopic (exact) mass is 256 g/mol. The number of anilines is 1. The number of nitrogens with one attached hydrogen (secondary N) is 1. The number of aromatic amines is 1. The molecule has 0 atom stereocenters. The minimum Gasteiger partial charge on any atom is -0.496 e. The van der Waals surface area contributed by atoms with E-state index in [1.165, 1.54) is 10.6 Å². The molecule has 0 aliphatic rings. The van der Waals surface area contributed by atoms with Gasteiger partial charge in [0.25, 0.3) is 5.56 Å². The van der Waals surface area contributed by atoms with Crippen molar-refractivity contribution in [3.8, 4) is 17.0 Å². The number of aromatic nitrogens is 3. The second-order valence-corrected chi connectivity index (χ2v) is 4.08. The van der Waals surface area contributed by atoms with E-state index in [9.17, 15) is 4.79 Å². The number of para-hydroxylation sites is 1. The number of nitrogen functional groups attached to an aromatic ring is 1. The Hall–Kier alpha value is -2.76. The van der Waals surface area contributed by atoms with Crippen LogP contribution in [0.2, 0.25) is 0 Å². The summed E-state index contributed by atoms with van der Waals surface area (Å²) in [5, 5.41) is 2.72. The lowest BCUT2D eigenvalue weighted by atomic mass is 10.1. The van der Waals surface area contributed by atoms with Gasteiger partial charge in [-0.3, -0.25) is 9.89 Å². The van der Waals surface area contributed by atoms with E-state index in [0.717, 1.165) is 5.56 Å². The minimum atomic E-state index is -0.220. The lowest BCUT2D eigenvalue weighted by Crippen LogP contribution is -2.14. The largest absolute Gasteiger partial charge is 0.496 e. The normalized spacial score (nSPS) is 10.8. The minimum absolute atomic E-state index is 0.220. The molecule has 96 valence electrons. The second kappa shape index (κ2) is 4.16. The molecule has 6 heteroatoms. The average molecular weight is 256 g/mol. The third-order valence-electron chi connectivity index (χ3n) is 2.85. The van der Waals surface area contributed by atoms with Gasteiger partial charge >= 0.3 is 0 Å². The highest BCUT2D eigenvalue weighted by Gasteiger charge is 2.10. The summed E-state index contributed by atoms with van der Waals surface area (Å²) in [6.45, 7) is 0. The summed E-state index contributed by atoms with van der Waals surface area (Å²) in [5.41, 5.74) is 7.21. The average Bonchev–Trinajstić information content (AvgIpc) is 2.79. The van der Waals surface area contributed by atoms with Crippen LogP contribution in [0, 0.1) is 0 Å². The molecule has 3 aromatic rings. The highest BCUT2D eigenvalue weighted by Crippen LogP contribution is 2.27. The van der Waals surface area contributed by atoms with Crippen molar-refractivity contribution in [1.29, 1.82) is 0 Å². The van der Waals surface area contributed by atoms with E-state index in [1.54, 1.807) is 13.2 Å². The van der Waals surface area contributed by atoms with Gasteiger partial charge < -0.3 is 10.5 Å². The Balaban J connectivity index is 2.28. The van der Waals surface area contributed by atoms with Gasteiger partial charge in [-0.2, -0.15) is 4.52 Å². The number of hydrogen-bond donors (Lipinski definition) is 2. The van der Waals surface area contributed by atoms with E-state index in [0.29, 0.717) is 22.9 Å². The number of hydrogen-bond acceptors (Lipinski definition) is 4. The molecule has 3 N–H and O–H groups in total. The molecule has 0 bridgehead atoms. The summed E-state index contributed by atoms with van der Waals surface area (Å²) < 4.78 is 6.58. The van der Waals surface area contributed by atoms with Gasteiger partial charge in [0.15, 0.2) is 5.65 Å². The SMILES string of the molecule is COc1ccccc1-c1cc(=O)n2[nH]c(N)cc2n1. The van der Waals surface area contributed by atoms with E-state index in [4.69, 9.17) is 10.5 Å². The Labute approximate surface area is 108 Å². The Morgan fingerprint density at radius 2 is 2.11 bits per heavy atom. The van der Waals surface area contributed by atoms with Crippen molar-refractivity contribution in [2.24, 2.45) is 0 Å². The number of methoxy groups -OCH3 is 1. The van der Waals surface area contributed by atoms with E-state index >= 15 is 0 Å². The molecule has 19 heavy (non-hydrogen) atoms. The predicted molar refractivity (Wildman–Crippen MR) is 72.2 cm³/mol. The number of benzene rings is 1. The molecule has 0 saturated carbocycles. The lowest BCUT2D eigenvalue weighted by molar-refractivity contribution is 0.416. The van der Waals surface area contributed by atoms with E-state index < -0.39 is 0 Å². The molecule has 0 unspecified atom stereocenters. The molecule has 0 spiro atoms. The third kappa shape index (κ3) is 1.83. The molecule has 2 aromatic heterocycles. The fourth-order valence-corrected chi connectivity index (χ4v) is 2.00. The summed E-state index contributed by atoms with van der Waals surface area (Å²) in [6.07, 6.45) is 0. The molecule has 0 aliphatic heterocycles. The van der Waals surface area contributed by atoms with Crippen LogP contribution >= 0.6 is 0 Å². The summed E-state index contributed by atoms with van der Waals surface area (Å²) in [6, 6.07) is 10.5. The summed E-state index contributed by atoms with van der Waals surface area (Å²) in [7, 11) is 1.58. The van der Waals surface area contributed by atoms with Gasteiger partial charge in [-0.05, 0) is 12.1 Å². The number of nitrogens with zero attached hydrogens (tertiary/aromatic N) is 2. The molecular formula is C13H12N4O2. The zero-order chi connectivity index (χ0) is 13.4. The van der Waals surface area contributed by atoms with Crippen LogP contribution in [0.25, 0.3) is 16.9 Å². The van der Waals surface area contributed by atoms with E-state index in [1.807, 2.05) is 24.3 Å². The van der Waals surface area contributed by atoms with Gasteiger partial charge in [0.05, 0.1) is 12.8 Å². The maximum Gasteiger partial charge on any atom is 0.273 e. The Kier molecular flexibility index (Phi) is 2.49. The van der Waals surface area contributed by atoms with Crippen LogP contribution < -0.4 is 16.0 Å². The topological polar surface area (TPSA) is 85.4 Å². The van der Waals surface area contributed by atoms with Gasteiger partial charge in [0.1, 0.15) is 11.6 Å². The fraction of sp³-hybridized carbons (Fsp3) is 0.0769. The first kappa shape index (κ1) is 11.3. The van der Waals surface area contributed by atoms with Crippen molar-refractivity contribution in [2.45, 2.75) is 0 Å². The molecular weight excluding hydrogens is 244 g/mol. The number of rotatable bonds is 2. The molecule has 6 nitrogen and oxygen atoms in total. The summed E-state index contributed by atoms with van der Waals surface area (Å²) in [5.74, 6) is 1.06. The third-order valence-corrected chi connectivity index (χ3v) is 2.85. The summed E-state index contributed by atoms with van der Waals surface area (Å²) >= 11 is 0. The fourth-order valence-electron chi connectivity index (χ4n) is 2.00. The molecule has 0 radical (unpaired) electrons. The number of H-pyrrole nitrogens is 1. The molecule has 3 rings (SSSR count). The Morgan fingerprint density at radius 3 is 2.89 bits per heavy atom. The maximum absolute atomic E-state index is 12.0. The maximum atomic E-state index is 12.0. The zero-order valence-corrected chi connectivity index (χ0v) is 10.3. The number of ether oxygens (including phenoxy) is 1. The van der Waals surface area contributed by atoms with Crippen LogP contribution in [0.4, 0.5) is 5.82 Å². The first-order valence-electron chi connectivity index (χ1n) is 5.71. The molecule has 1 aromatic carbocycles. The lowest BCUT2D eigenvalue weighted by Gasteiger charge is -2.07. The van der Waals surface area contributed by atoms with E-state index in [2.05, 4.69) is 10.1 Å². The van der Waals surface area contributed by atoms with Crippen molar-refractivity contribution in [1.82, 2.24) is 14.6 Å². The van der Waals surface area contributed by atoms with Crippen molar-refractivity contribution < 1.29 is 4.74 Å². The van der Waals surface area contributed by atoms with Crippen LogP contribution in [0.5, 0.6) is 5.75 Å². The molecule has 0 amide bonds. The van der Waals surface area contributed by atoms with Crippen molar-refractivity contribution in [3.05, 3.63) is 46.8 Å². The van der Waals surface area contributed by atoms with Crippen molar-refractivity contribution in [2.75, 3.05) is 12.8 Å². The van der Waals surface area contributed by atoms with Gasteiger partial charge in [0.2, 0.25) is 0 Å². The van der Waals surface area contributed by atoms with Crippen LogP contribution in [-0.4, -0.2) is 21.7 Å². The van der Waals surface area contributed by atoms with Crippen LogP contribution in [-0.2, 0) is 0 Å². The van der Waals surface area contributed by atoms with Crippen LogP contribution in [0.15, 0.2) is 41.2 Å². The first-order valence-corrected chi connectivity index (χ1v) is 5.71. The Bertz CT molecular complexity index is 804. The predicted octanol–water partition coefficient (Wildman–Crippen LogP) is 1.28. The second-order valence-electron chi connectivity index (χ2n) is 4.08. The zero-order valence-electron chi connectivity index (χ0n) is 10.3. The van der Waals surface area contributed by atoms with Crippen LogP contribution in [0.3, 0.4) is 0 Å². The molecule has 2 heterocycles. The quantitative estimate of drug-likeness (QED) is 0.723. The molecule has 0 aliphatic carbocycles. The Morgan fingerprint density at radius 1 is 1.32 bits per heavy atom. The standard InChI is InChI=1S/C13H12N4O2/c1-19-10-5-3-2-4-8(10)9-6-13(18)17-12(15-9)7-11(14)16-17/h2-7,16H,14H2,1H3. The van der Waals surface area contributed by atoms with Crippen LogP contribution in [0.1, 0.15) is 0 Å². The summed E-state index contributed by atoms with van der Waals surface area (Å²) in [4.78, 5) is 16.4. The highest BCUT2D eigenvalue weighted by atomic mass is 16.5. The van der Waals surface area contributed by atoms with E-state index in [-0.39, 0.29) is 5.56 Å². The van der Waals surface area contributed by atoms with Crippen molar-refractivity contribution >= 4 is 11.5 Å².